The first-order chi connectivity index (χ1) is 8.06. The fourth-order valence-electron chi connectivity index (χ4n) is 1.65. The van der Waals surface area contributed by atoms with Gasteiger partial charge in [-0.3, -0.25) is 4.68 Å². The molecule has 3 nitrogen and oxygen atoms in total. The summed E-state index contributed by atoms with van der Waals surface area (Å²) < 4.78 is 1.70. The Morgan fingerprint density at radius 1 is 1.35 bits per heavy atom. The Bertz CT molecular complexity index is 525. The van der Waals surface area contributed by atoms with Gasteiger partial charge >= 0.3 is 0 Å². The number of aliphatic hydroxyl groups excluding tert-OH is 1. The largest absolute Gasteiger partial charge is 0.388 e. The number of hydrogen-bond acceptors (Lipinski definition) is 2. The van der Waals surface area contributed by atoms with Gasteiger partial charge in [-0.2, -0.15) is 5.10 Å². The predicted octanol–water partition coefficient (Wildman–Crippen LogP) is 3.00. The number of aryl methyl sites for hydroxylation is 1. The van der Waals surface area contributed by atoms with E-state index in [0.29, 0.717) is 22.0 Å². The van der Waals surface area contributed by atoms with Crippen molar-refractivity contribution in [3.63, 3.8) is 0 Å². The molecule has 0 aliphatic rings. The quantitative estimate of drug-likeness (QED) is 0.931. The van der Waals surface area contributed by atoms with Crippen molar-refractivity contribution < 1.29 is 5.11 Å². The maximum atomic E-state index is 10.1. The Morgan fingerprint density at radius 2 is 2.12 bits per heavy atom. The number of benzene rings is 1. The number of rotatable bonds is 3. The number of nitrogens with zero attached hydrogens (tertiary/aromatic N) is 2. The van der Waals surface area contributed by atoms with E-state index in [1.807, 2.05) is 19.3 Å². The molecule has 1 heterocycles. The van der Waals surface area contributed by atoms with Crippen molar-refractivity contribution in [1.29, 1.82) is 0 Å². The molecule has 0 spiro atoms. The molecule has 0 amide bonds. The second kappa shape index (κ2) is 5.08. The van der Waals surface area contributed by atoms with E-state index in [0.717, 1.165) is 5.69 Å². The van der Waals surface area contributed by atoms with Gasteiger partial charge in [0.25, 0.3) is 0 Å². The molecule has 90 valence electrons. The first-order valence-electron chi connectivity index (χ1n) is 5.18. The van der Waals surface area contributed by atoms with E-state index in [1.54, 1.807) is 22.9 Å². The number of hydrogen-bond donors (Lipinski definition) is 1. The number of aliphatic hydroxyl groups is 1. The van der Waals surface area contributed by atoms with Crippen molar-refractivity contribution in [2.45, 2.75) is 12.5 Å². The molecular formula is C12H12Cl2N2O. The normalized spacial score (nSPS) is 12.7. The van der Waals surface area contributed by atoms with Gasteiger partial charge in [0.2, 0.25) is 0 Å². The molecule has 1 unspecified atom stereocenters. The van der Waals surface area contributed by atoms with Gasteiger partial charge in [0, 0.05) is 35.3 Å². The topological polar surface area (TPSA) is 38.0 Å². The molecule has 0 aliphatic heterocycles. The number of aromatic nitrogens is 2. The molecule has 0 bridgehead atoms. The van der Waals surface area contributed by atoms with Crippen molar-refractivity contribution in [3.8, 4) is 0 Å². The highest BCUT2D eigenvalue weighted by Gasteiger charge is 2.14. The molecule has 0 radical (unpaired) electrons. The lowest BCUT2D eigenvalue weighted by Gasteiger charge is -2.11. The van der Waals surface area contributed by atoms with Crippen LogP contribution in [0.5, 0.6) is 0 Å². The summed E-state index contributed by atoms with van der Waals surface area (Å²) in [7, 11) is 1.84. The second-order valence-corrected chi connectivity index (χ2v) is 4.71. The van der Waals surface area contributed by atoms with Crippen LogP contribution in [0.4, 0.5) is 0 Å². The highest BCUT2D eigenvalue weighted by Crippen LogP contribution is 2.28. The van der Waals surface area contributed by atoms with E-state index in [9.17, 15) is 5.11 Å². The molecule has 0 aliphatic carbocycles. The van der Waals surface area contributed by atoms with Gasteiger partial charge < -0.3 is 5.11 Å². The van der Waals surface area contributed by atoms with Gasteiger partial charge in [-0.15, -0.1) is 0 Å². The van der Waals surface area contributed by atoms with Crippen LogP contribution in [0.15, 0.2) is 30.5 Å². The van der Waals surface area contributed by atoms with Gasteiger partial charge in [0.05, 0.1) is 11.8 Å². The van der Waals surface area contributed by atoms with Gasteiger partial charge in [0.1, 0.15) is 0 Å². The minimum absolute atomic E-state index is 0.418. The summed E-state index contributed by atoms with van der Waals surface area (Å²) in [4.78, 5) is 0. The van der Waals surface area contributed by atoms with Crippen LogP contribution < -0.4 is 0 Å². The van der Waals surface area contributed by atoms with Crippen molar-refractivity contribution >= 4 is 23.2 Å². The third-order valence-electron chi connectivity index (χ3n) is 2.49. The first-order valence-corrected chi connectivity index (χ1v) is 5.93. The first kappa shape index (κ1) is 12.4. The zero-order valence-electron chi connectivity index (χ0n) is 9.27. The van der Waals surface area contributed by atoms with E-state index in [4.69, 9.17) is 23.2 Å². The Hall–Kier alpha value is -1.03. The maximum absolute atomic E-state index is 10.1. The van der Waals surface area contributed by atoms with E-state index in [2.05, 4.69) is 5.10 Å². The van der Waals surface area contributed by atoms with Crippen molar-refractivity contribution in [1.82, 2.24) is 9.78 Å². The third kappa shape index (κ3) is 3.00. The number of halogens is 2. The van der Waals surface area contributed by atoms with Crippen LogP contribution in [0.1, 0.15) is 17.4 Å². The summed E-state index contributed by atoms with van der Waals surface area (Å²) in [6.07, 6.45) is 1.55. The highest BCUT2D eigenvalue weighted by atomic mass is 35.5. The Morgan fingerprint density at radius 3 is 2.76 bits per heavy atom. The van der Waals surface area contributed by atoms with Gasteiger partial charge in [0.15, 0.2) is 0 Å². The summed E-state index contributed by atoms with van der Waals surface area (Å²) in [6, 6.07) is 6.92. The second-order valence-electron chi connectivity index (χ2n) is 3.87. The van der Waals surface area contributed by atoms with E-state index >= 15 is 0 Å². The van der Waals surface area contributed by atoms with Crippen LogP contribution in [0.2, 0.25) is 10.0 Å². The Labute approximate surface area is 110 Å². The minimum atomic E-state index is -0.698. The monoisotopic (exact) mass is 270 g/mol. The molecule has 0 saturated heterocycles. The van der Waals surface area contributed by atoms with Crippen LogP contribution in [-0.4, -0.2) is 14.9 Å². The third-order valence-corrected chi connectivity index (χ3v) is 3.07. The van der Waals surface area contributed by atoms with Crippen LogP contribution in [-0.2, 0) is 13.5 Å². The van der Waals surface area contributed by atoms with Crippen LogP contribution >= 0.6 is 23.2 Å². The molecule has 0 saturated carbocycles. The van der Waals surface area contributed by atoms with E-state index < -0.39 is 6.10 Å². The summed E-state index contributed by atoms with van der Waals surface area (Å²) >= 11 is 11.9. The Kier molecular flexibility index (Phi) is 3.72. The lowest BCUT2D eigenvalue weighted by atomic mass is 10.1. The SMILES string of the molecule is Cn1ccc(CC(O)c2cc(Cl)ccc2Cl)n1. The zero-order chi connectivity index (χ0) is 12.4. The van der Waals surface area contributed by atoms with E-state index in [-0.39, 0.29) is 0 Å². The smallest absolute Gasteiger partial charge is 0.0861 e. The average Bonchev–Trinajstić information content (AvgIpc) is 2.67. The fraction of sp³-hybridized carbons (Fsp3) is 0.250. The Balaban J connectivity index is 2.19. The highest BCUT2D eigenvalue weighted by molar-refractivity contribution is 6.33. The standard InChI is InChI=1S/C12H12Cl2N2O/c1-16-5-4-9(15-16)7-12(17)10-6-8(13)2-3-11(10)14/h2-6,12,17H,7H2,1H3. The van der Waals surface area contributed by atoms with Crippen molar-refractivity contribution in [2.75, 3.05) is 0 Å². The maximum Gasteiger partial charge on any atom is 0.0861 e. The summed E-state index contributed by atoms with van der Waals surface area (Å²) in [5.74, 6) is 0. The molecule has 2 aromatic rings. The lowest BCUT2D eigenvalue weighted by molar-refractivity contribution is 0.177. The molecule has 1 atom stereocenters. The lowest BCUT2D eigenvalue weighted by Crippen LogP contribution is -2.03. The summed E-state index contributed by atoms with van der Waals surface area (Å²) in [5.41, 5.74) is 1.45. The minimum Gasteiger partial charge on any atom is -0.388 e. The molecule has 1 N–H and O–H groups in total. The summed E-state index contributed by atoms with van der Waals surface area (Å²) in [5, 5.41) is 15.4. The molecule has 17 heavy (non-hydrogen) atoms. The van der Waals surface area contributed by atoms with Gasteiger partial charge in [-0.05, 0) is 24.3 Å². The van der Waals surface area contributed by atoms with Crippen molar-refractivity contribution in [3.05, 3.63) is 51.8 Å². The molecule has 2 rings (SSSR count). The average molecular weight is 271 g/mol. The van der Waals surface area contributed by atoms with Crippen LogP contribution in [0.25, 0.3) is 0 Å². The molecule has 5 heteroatoms. The molecule has 1 aromatic heterocycles. The zero-order valence-corrected chi connectivity index (χ0v) is 10.8. The van der Waals surface area contributed by atoms with E-state index in [1.165, 1.54) is 0 Å². The molecule has 0 fully saturated rings. The van der Waals surface area contributed by atoms with Crippen LogP contribution in [0.3, 0.4) is 0 Å². The predicted molar refractivity (Wildman–Crippen MR) is 68.3 cm³/mol. The molecular weight excluding hydrogens is 259 g/mol. The molecule has 1 aromatic carbocycles. The fourth-order valence-corrected chi connectivity index (χ4v) is 2.07. The summed E-state index contributed by atoms with van der Waals surface area (Å²) in [6.45, 7) is 0. The van der Waals surface area contributed by atoms with Gasteiger partial charge in [-0.1, -0.05) is 23.2 Å². The van der Waals surface area contributed by atoms with Gasteiger partial charge in [-0.25, -0.2) is 0 Å². The van der Waals surface area contributed by atoms with Crippen LogP contribution in [0, 0.1) is 0 Å². The van der Waals surface area contributed by atoms with Crippen molar-refractivity contribution in [2.24, 2.45) is 7.05 Å².